The van der Waals surface area contributed by atoms with Crippen molar-refractivity contribution >= 4 is 11.8 Å². The number of hydrogen-bond acceptors (Lipinski definition) is 5. The maximum Gasteiger partial charge on any atom is 0.349 e. The first-order valence-corrected chi connectivity index (χ1v) is 5.69. The average molecular weight is 250 g/mol. The molecule has 0 saturated carbocycles. The predicted molar refractivity (Wildman–Crippen MR) is 62.2 cm³/mol. The molecule has 0 radical (unpaired) electrons. The third-order valence-electron chi connectivity index (χ3n) is 3.27. The van der Waals surface area contributed by atoms with E-state index < -0.39 is 17.4 Å². The largest absolute Gasteiger partial charge is 0.466 e. The molecule has 2 rings (SSSR count). The summed E-state index contributed by atoms with van der Waals surface area (Å²) in [7, 11) is 1.16. The Morgan fingerprint density at radius 1 is 1.39 bits per heavy atom. The summed E-state index contributed by atoms with van der Waals surface area (Å²) in [4.78, 5) is 28.4. The van der Waals surface area contributed by atoms with Gasteiger partial charge in [0.2, 0.25) is 5.78 Å². The molecule has 0 heterocycles. The lowest BCUT2D eigenvalue weighted by Gasteiger charge is -2.24. The molecule has 0 spiro atoms. The molecule has 5 nitrogen and oxygen atoms in total. The van der Waals surface area contributed by atoms with Crippen LogP contribution in [0.2, 0.25) is 0 Å². The van der Waals surface area contributed by atoms with E-state index in [2.05, 4.69) is 9.62 Å². The Bertz CT molecular complexity index is 482. The molecule has 0 saturated heterocycles. The van der Waals surface area contributed by atoms with Crippen molar-refractivity contribution < 1.29 is 24.5 Å². The molecule has 1 N–H and O–H groups in total. The van der Waals surface area contributed by atoms with Gasteiger partial charge in [-0.15, -0.1) is 0 Å². The van der Waals surface area contributed by atoms with E-state index in [0.29, 0.717) is 18.4 Å². The number of esters is 1. The van der Waals surface area contributed by atoms with Gasteiger partial charge in [0.25, 0.3) is 5.60 Å². The molecule has 0 amide bonds. The average Bonchev–Trinajstić information content (AvgIpc) is 2.56. The minimum atomic E-state index is -1.93. The van der Waals surface area contributed by atoms with Crippen molar-refractivity contribution in [1.82, 2.24) is 0 Å². The van der Waals surface area contributed by atoms with Crippen LogP contribution in [0.1, 0.15) is 28.8 Å². The zero-order valence-corrected chi connectivity index (χ0v) is 10.0. The highest BCUT2D eigenvalue weighted by atomic mass is 17.1. The zero-order valence-electron chi connectivity index (χ0n) is 10.0. The molecule has 0 bridgehead atoms. The van der Waals surface area contributed by atoms with Gasteiger partial charge in [-0.3, -0.25) is 10.1 Å². The Morgan fingerprint density at radius 2 is 2.11 bits per heavy atom. The number of ether oxygens (including phenoxy) is 1. The molecule has 0 fully saturated rings. The van der Waals surface area contributed by atoms with Crippen LogP contribution in [0.4, 0.5) is 0 Å². The molecule has 0 aliphatic heterocycles. The number of rotatable bonds is 2. The number of ketones is 1. The van der Waals surface area contributed by atoms with Crippen LogP contribution in [0.15, 0.2) is 24.3 Å². The lowest BCUT2D eigenvalue weighted by molar-refractivity contribution is -0.302. The summed E-state index contributed by atoms with van der Waals surface area (Å²) in [5, 5.41) is 9.04. The first-order chi connectivity index (χ1) is 8.65. The van der Waals surface area contributed by atoms with Gasteiger partial charge in [0.15, 0.2) is 0 Å². The quantitative estimate of drug-likeness (QED) is 0.284. The van der Waals surface area contributed by atoms with E-state index in [1.54, 1.807) is 12.1 Å². The predicted octanol–water partition coefficient (Wildman–Crippen LogP) is 1.61. The van der Waals surface area contributed by atoms with Gasteiger partial charge in [-0.1, -0.05) is 24.3 Å². The van der Waals surface area contributed by atoms with Crippen molar-refractivity contribution in [3.8, 4) is 0 Å². The summed E-state index contributed by atoms with van der Waals surface area (Å²) < 4.78 is 4.58. The molecule has 1 aromatic carbocycles. The molecule has 1 aromatic rings. The summed E-state index contributed by atoms with van der Waals surface area (Å²) in [6.45, 7) is 0. The maximum atomic E-state index is 12.4. The monoisotopic (exact) mass is 250 g/mol. The number of benzene rings is 1. The van der Waals surface area contributed by atoms with E-state index >= 15 is 0 Å². The number of carbonyl (C=O) groups excluding carboxylic acids is 2. The van der Waals surface area contributed by atoms with E-state index in [4.69, 9.17) is 5.26 Å². The number of Topliss-reactive ketones (excluding diaryl/α,β-unsaturated/α-hetero) is 1. The topological polar surface area (TPSA) is 72.8 Å². The first kappa shape index (κ1) is 12.7. The minimum absolute atomic E-state index is 0.101. The van der Waals surface area contributed by atoms with E-state index in [1.165, 1.54) is 0 Å². The Kier molecular flexibility index (Phi) is 3.45. The minimum Gasteiger partial charge on any atom is -0.466 e. The smallest absolute Gasteiger partial charge is 0.349 e. The molecule has 96 valence electrons. The van der Waals surface area contributed by atoms with Gasteiger partial charge in [0, 0.05) is 5.56 Å². The van der Waals surface area contributed by atoms with Crippen LogP contribution < -0.4 is 0 Å². The van der Waals surface area contributed by atoms with Crippen LogP contribution in [0, 0.1) is 0 Å². The SMILES string of the molecule is COC(=O)C1(OO)CCCc2ccccc2C1=O. The second-order valence-corrected chi connectivity index (χ2v) is 4.25. The molecule has 18 heavy (non-hydrogen) atoms. The highest BCUT2D eigenvalue weighted by molar-refractivity contribution is 6.16. The fourth-order valence-corrected chi connectivity index (χ4v) is 2.30. The number of methoxy groups -OCH3 is 1. The number of hydrogen-bond donors (Lipinski definition) is 1. The van der Waals surface area contributed by atoms with Crippen molar-refractivity contribution in [2.45, 2.75) is 24.9 Å². The Labute approximate surface area is 104 Å². The Balaban J connectivity index is 2.52. The summed E-state index contributed by atoms with van der Waals surface area (Å²) in [6.07, 6.45) is 1.31. The third-order valence-corrected chi connectivity index (χ3v) is 3.27. The van der Waals surface area contributed by atoms with Gasteiger partial charge in [0.05, 0.1) is 7.11 Å². The van der Waals surface area contributed by atoms with Gasteiger partial charge < -0.3 is 4.74 Å². The van der Waals surface area contributed by atoms with Gasteiger partial charge in [-0.05, 0) is 24.8 Å². The van der Waals surface area contributed by atoms with Crippen molar-refractivity contribution in [3.05, 3.63) is 35.4 Å². The first-order valence-electron chi connectivity index (χ1n) is 5.69. The molecule has 1 atom stereocenters. The molecule has 1 unspecified atom stereocenters. The summed E-state index contributed by atoms with van der Waals surface area (Å²) in [5.41, 5.74) is -0.679. The molecule has 1 aliphatic carbocycles. The van der Waals surface area contributed by atoms with Crippen molar-refractivity contribution in [1.29, 1.82) is 0 Å². The van der Waals surface area contributed by atoms with E-state index in [0.717, 1.165) is 12.7 Å². The lowest BCUT2D eigenvalue weighted by Crippen LogP contribution is -2.49. The van der Waals surface area contributed by atoms with Crippen molar-refractivity contribution in [2.24, 2.45) is 0 Å². The summed E-state index contributed by atoms with van der Waals surface area (Å²) in [6, 6.07) is 7.00. The number of carbonyl (C=O) groups is 2. The molecular formula is C13H14O5. The van der Waals surface area contributed by atoms with Gasteiger partial charge in [-0.2, -0.15) is 0 Å². The van der Waals surface area contributed by atoms with Crippen molar-refractivity contribution in [2.75, 3.05) is 7.11 Å². The normalized spacial score (nSPS) is 23.1. The van der Waals surface area contributed by atoms with E-state index in [9.17, 15) is 9.59 Å². The summed E-state index contributed by atoms with van der Waals surface area (Å²) >= 11 is 0. The number of fused-ring (bicyclic) bond motifs is 1. The maximum absolute atomic E-state index is 12.4. The molecule has 1 aliphatic rings. The molecular weight excluding hydrogens is 236 g/mol. The van der Waals surface area contributed by atoms with Crippen LogP contribution in [0.5, 0.6) is 0 Å². The molecule has 0 aromatic heterocycles. The van der Waals surface area contributed by atoms with Crippen LogP contribution in [0.3, 0.4) is 0 Å². The fourth-order valence-electron chi connectivity index (χ4n) is 2.30. The number of aryl methyl sites for hydroxylation is 1. The fraction of sp³-hybridized carbons (Fsp3) is 0.385. The third kappa shape index (κ3) is 1.81. The van der Waals surface area contributed by atoms with Crippen LogP contribution >= 0.6 is 0 Å². The molecule has 5 heteroatoms. The summed E-state index contributed by atoms with van der Waals surface area (Å²) in [5.74, 6) is -1.42. The second kappa shape index (κ2) is 4.88. The van der Waals surface area contributed by atoms with Crippen LogP contribution in [0.25, 0.3) is 0 Å². The lowest BCUT2D eigenvalue weighted by atomic mass is 9.90. The van der Waals surface area contributed by atoms with Gasteiger partial charge >= 0.3 is 5.97 Å². The Hall–Kier alpha value is -1.72. The van der Waals surface area contributed by atoms with Crippen LogP contribution in [-0.2, 0) is 20.8 Å². The highest BCUT2D eigenvalue weighted by Gasteiger charge is 2.51. The highest BCUT2D eigenvalue weighted by Crippen LogP contribution is 2.31. The van der Waals surface area contributed by atoms with Gasteiger partial charge in [-0.25, -0.2) is 9.68 Å². The van der Waals surface area contributed by atoms with Crippen molar-refractivity contribution in [3.63, 3.8) is 0 Å². The van der Waals surface area contributed by atoms with E-state index in [1.807, 2.05) is 12.1 Å². The Morgan fingerprint density at radius 3 is 2.78 bits per heavy atom. The standard InChI is InChI=1S/C13H14O5/c1-17-12(15)13(18-16)8-4-6-9-5-2-3-7-10(9)11(13)14/h2-3,5,7,16H,4,6,8H2,1H3. The van der Waals surface area contributed by atoms with Gasteiger partial charge in [0.1, 0.15) is 0 Å². The van der Waals surface area contributed by atoms with E-state index in [-0.39, 0.29) is 6.42 Å². The van der Waals surface area contributed by atoms with Crippen LogP contribution in [-0.4, -0.2) is 29.7 Å². The zero-order chi connectivity index (χ0) is 13.2. The second-order valence-electron chi connectivity index (χ2n) is 4.25.